The van der Waals surface area contributed by atoms with Crippen LogP contribution in [-0.2, 0) is 9.47 Å². The summed E-state index contributed by atoms with van der Waals surface area (Å²) in [6, 6.07) is 1.10. The summed E-state index contributed by atoms with van der Waals surface area (Å²) in [6.45, 7) is 10.2. The van der Waals surface area contributed by atoms with Gasteiger partial charge in [0.2, 0.25) is 0 Å². The predicted octanol–water partition coefficient (Wildman–Crippen LogP) is 0.884. The van der Waals surface area contributed by atoms with E-state index in [4.69, 9.17) is 9.47 Å². The molecule has 3 heteroatoms. The molecule has 0 aliphatic carbocycles. The fraction of sp³-hybridized carbons (Fsp3) is 1.00. The van der Waals surface area contributed by atoms with Crippen LogP contribution in [-0.4, -0.2) is 49.0 Å². The van der Waals surface area contributed by atoms with E-state index in [-0.39, 0.29) is 5.60 Å². The minimum atomic E-state index is 0.0164. The third kappa shape index (κ3) is 1.39. The Kier molecular flexibility index (Phi) is 2.34. The average Bonchev–Trinajstić information content (AvgIpc) is 2.01. The van der Waals surface area contributed by atoms with Crippen LogP contribution in [0.3, 0.4) is 0 Å². The molecule has 2 saturated heterocycles. The van der Waals surface area contributed by atoms with Gasteiger partial charge in [0.1, 0.15) is 5.60 Å². The molecule has 0 amide bonds. The molecule has 0 bridgehead atoms. The fourth-order valence-corrected chi connectivity index (χ4v) is 2.30. The van der Waals surface area contributed by atoms with E-state index >= 15 is 0 Å². The van der Waals surface area contributed by atoms with Crippen LogP contribution >= 0.6 is 0 Å². The molecule has 0 saturated carbocycles. The van der Waals surface area contributed by atoms with Crippen molar-refractivity contribution < 1.29 is 9.47 Å². The standard InChI is InChI=1S/C10H19NO2/c1-8(2)11-4-5-13-10(9(11)3)6-12-7-10/h8-9H,4-7H2,1-3H3. The van der Waals surface area contributed by atoms with Crippen LogP contribution in [0.15, 0.2) is 0 Å². The lowest BCUT2D eigenvalue weighted by Gasteiger charge is -2.53. The van der Waals surface area contributed by atoms with E-state index in [1.807, 2.05) is 0 Å². The second kappa shape index (κ2) is 3.23. The van der Waals surface area contributed by atoms with E-state index in [2.05, 4.69) is 25.7 Å². The van der Waals surface area contributed by atoms with E-state index in [1.54, 1.807) is 0 Å². The zero-order valence-corrected chi connectivity index (χ0v) is 8.75. The van der Waals surface area contributed by atoms with Gasteiger partial charge in [-0.2, -0.15) is 0 Å². The number of rotatable bonds is 1. The molecule has 13 heavy (non-hydrogen) atoms. The highest BCUT2D eigenvalue weighted by Crippen LogP contribution is 2.32. The van der Waals surface area contributed by atoms with Crippen LogP contribution in [0.4, 0.5) is 0 Å². The van der Waals surface area contributed by atoms with Gasteiger partial charge in [0.25, 0.3) is 0 Å². The highest BCUT2D eigenvalue weighted by molar-refractivity contribution is 5.00. The summed E-state index contributed by atoms with van der Waals surface area (Å²) in [7, 11) is 0. The molecular weight excluding hydrogens is 166 g/mol. The molecule has 3 nitrogen and oxygen atoms in total. The van der Waals surface area contributed by atoms with E-state index in [0.717, 1.165) is 26.4 Å². The zero-order valence-electron chi connectivity index (χ0n) is 8.75. The van der Waals surface area contributed by atoms with Crippen molar-refractivity contribution in [3.8, 4) is 0 Å². The molecule has 0 N–H and O–H groups in total. The molecule has 1 unspecified atom stereocenters. The Hall–Kier alpha value is -0.120. The Bertz CT molecular complexity index is 189. The monoisotopic (exact) mass is 185 g/mol. The summed E-state index contributed by atoms with van der Waals surface area (Å²) >= 11 is 0. The van der Waals surface area contributed by atoms with Crippen LogP contribution in [0.25, 0.3) is 0 Å². The molecule has 76 valence electrons. The lowest BCUT2D eigenvalue weighted by molar-refractivity contribution is -0.262. The number of hydrogen-bond donors (Lipinski definition) is 0. The van der Waals surface area contributed by atoms with Gasteiger partial charge in [-0.1, -0.05) is 0 Å². The highest BCUT2D eigenvalue weighted by atomic mass is 16.6. The Morgan fingerprint density at radius 1 is 1.38 bits per heavy atom. The minimum Gasteiger partial charge on any atom is -0.375 e. The quantitative estimate of drug-likeness (QED) is 0.605. The molecule has 2 heterocycles. The van der Waals surface area contributed by atoms with Crippen LogP contribution in [0.1, 0.15) is 20.8 Å². The summed E-state index contributed by atoms with van der Waals surface area (Å²) < 4.78 is 11.1. The largest absolute Gasteiger partial charge is 0.375 e. The van der Waals surface area contributed by atoms with E-state index in [1.165, 1.54) is 0 Å². The number of hydrogen-bond acceptors (Lipinski definition) is 3. The number of ether oxygens (including phenoxy) is 2. The summed E-state index contributed by atoms with van der Waals surface area (Å²) in [4.78, 5) is 2.51. The molecule has 0 aromatic rings. The van der Waals surface area contributed by atoms with Crippen LogP contribution < -0.4 is 0 Å². The Morgan fingerprint density at radius 2 is 2.08 bits per heavy atom. The van der Waals surface area contributed by atoms with Crippen LogP contribution in [0, 0.1) is 0 Å². The first kappa shape index (κ1) is 9.44. The fourth-order valence-electron chi connectivity index (χ4n) is 2.30. The van der Waals surface area contributed by atoms with Gasteiger partial charge in [0.15, 0.2) is 0 Å². The van der Waals surface area contributed by atoms with Crippen molar-refractivity contribution in [2.45, 2.75) is 38.5 Å². The van der Waals surface area contributed by atoms with Gasteiger partial charge in [0.05, 0.1) is 19.8 Å². The van der Waals surface area contributed by atoms with Crippen molar-refractivity contribution in [2.75, 3.05) is 26.4 Å². The molecule has 1 atom stereocenters. The first-order valence-corrected chi connectivity index (χ1v) is 5.13. The normalized spacial score (nSPS) is 33.7. The number of morpholine rings is 1. The molecule has 0 aromatic heterocycles. The predicted molar refractivity (Wildman–Crippen MR) is 50.8 cm³/mol. The van der Waals surface area contributed by atoms with Gasteiger partial charge < -0.3 is 9.47 Å². The lowest BCUT2D eigenvalue weighted by atomic mass is 9.89. The van der Waals surface area contributed by atoms with Gasteiger partial charge in [-0.25, -0.2) is 0 Å². The third-order valence-corrected chi connectivity index (χ3v) is 3.35. The summed E-state index contributed by atoms with van der Waals surface area (Å²) in [5.41, 5.74) is 0.0164. The van der Waals surface area contributed by atoms with Crippen LogP contribution in [0.2, 0.25) is 0 Å². The number of nitrogens with zero attached hydrogens (tertiary/aromatic N) is 1. The molecule has 2 fully saturated rings. The molecule has 0 radical (unpaired) electrons. The second-order valence-corrected chi connectivity index (χ2v) is 4.41. The lowest BCUT2D eigenvalue weighted by Crippen LogP contribution is -2.68. The molecule has 0 aromatic carbocycles. The molecular formula is C10H19NO2. The van der Waals surface area contributed by atoms with E-state index in [9.17, 15) is 0 Å². The van der Waals surface area contributed by atoms with E-state index in [0.29, 0.717) is 12.1 Å². The topological polar surface area (TPSA) is 21.7 Å². The summed E-state index contributed by atoms with van der Waals surface area (Å²) in [5, 5.41) is 0. The summed E-state index contributed by atoms with van der Waals surface area (Å²) in [5.74, 6) is 0. The van der Waals surface area contributed by atoms with Crippen molar-refractivity contribution in [1.29, 1.82) is 0 Å². The average molecular weight is 185 g/mol. The second-order valence-electron chi connectivity index (χ2n) is 4.41. The highest BCUT2D eigenvalue weighted by Gasteiger charge is 2.49. The molecule has 1 spiro atoms. The Labute approximate surface area is 80.0 Å². The third-order valence-electron chi connectivity index (χ3n) is 3.35. The van der Waals surface area contributed by atoms with Gasteiger partial charge in [-0.05, 0) is 20.8 Å². The molecule has 2 aliphatic rings. The van der Waals surface area contributed by atoms with Crippen molar-refractivity contribution in [2.24, 2.45) is 0 Å². The maximum absolute atomic E-state index is 5.83. The first-order valence-electron chi connectivity index (χ1n) is 5.13. The SMILES string of the molecule is CC(C)N1CCOC2(COC2)C1C. The molecule has 2 rings (SSSR count). The van der Waals surface area contributed by atoms with Gasteiger partial charge >= 0.3 is 0 Å². The van der Waals surface area contributed by atoms with Crippen LogP contribution in [0.5, 0.6) is 0 Å². The van der Waals surface area contributed by atoms with Crippen molar-refractivity contribution in [3.05, 3.63) is 0 Å². The van der Waals surface area contributed by atoms with Crippen molar-refractivity contribution in [3.63, 3.8) is 0 Å². The Morgan fingerprint density at radius 3 is 2.54 bits per heavy atom. The maximum Gasteiger partial charge on any atom is 0.130 e. The van der Waals surface area contributed by atoms with E-state index < -0.39 is 0 Å². The van der Waals surface area contributed by atoms with Gasteiger partial charge in [-0.3, -0.25) is 4.90 Å². The van der Waals surface area contributed by atoms with Gasteiger partial charge in [0, 0.05) is 18.6 Å². The zero-order chi connectivity index (χ0) is 9.47. The van der Waals surface area contributed by atoms with Crippen molar-refractivity contribution >= 4 is 0 Å². The first-order chi connectivity index (χ1) is 6.16. The minimum absolute atomic E-state index is 0.0164. The smallest absolute Gasteiger partial charge is 0.130 e. The summed E-state index contributed by atoms with van der Waals surface area (Å²) in [6.07, 6.45) is 0. The Balaban J connectivity index is 2.07. The maximum atomic E-state index is 5.83. The molecule has 2 aliphatic heterocycles. The van der Waals surface area contributed by atoms with Crippen molar-refractivity contribution in [1.82, 2.24) is 4.90 Å². The van der Waals surface area contributed by atoms with Gasteiger partial charge in [-0.15, -0.1) is 0 Å².